The smallest absolute Gasteiger partial charge is 0.326 e. The van der Waals surface area contributed by atoms with Gasteiger partial charge in [0.1, 0.15) is 6.54 Å². The molecule has 28 heavy (non-hydrogen) atoms. The molecule has 0 N–H and O–H groups in total. The number of fused-ring (bicyclic) bond motifs is 1. The van der Waals surface area contributed by atoms with Crippen molar-refractivity contribution in [2.75, 3.05) is 19.7 Å². The van der Waals surface area contributed by atoms with Crippen LogP contribution in [0, 0.1) is 0 Å². The van der Waals surface area contributed by atoms with E-state index in [0.717, 1.165) is 5.56 Å². The standard InChI is InChI=1S/C22H22N2O4/c1-3-23(13-17-9-5-4-6-10-17)20(25)15-28-21(26)14-24-16(2)18-11-7-8-12-19(18)22(24)27/h4-12H,2-3,13-15H2,1H3. The zero-order valence-electron chi connectivity index (χ0n) is 15.8. The number of ether oxygens (including phenoxy) is 1. The molecule has 0 spiro atoms. The number of esters is 1. The molecule has 1 aliphatic rings. The maximum atomic E-state index is 12.4. The van der Waals surface area contributed by atoms with Crippen LogP contribution in [0.15, 0.2) is 61.2 Å². The summed E-state index contributed by atoms with van der Waals surface area (Å²) in [6.07, 6.45) is 0. The molecule has 0 saturated heterocycles. The quantitative estimate of drug-likeness (QED) is 0.695. The van der Waals surface area contributed by atoms with Gasteiger partial charge in [0.05, 0.1) is 0 Å². The van der Waals surface area contributed by atoms with Gasteiger partial charge in [0.15, 0.2) is 6.61 Å². The summed E-state index contributed by atoms with van der Waals surface area (Å²) in [6, 6.07) is 16.6. The first-order valence-corrected chi connectivity index (χ1v) is 9.08. The minimum Gasteiger partial charge on any atom is -0.454 e. The van der Waals surface area contributed by atoms with Crippen LogP contribution in [0.5, 0.6) is 0 Å². The van der Waals surface area contributed by atoms with Gasteiger partial charge in [-0.15, -0.1) is 0 Å². The second kappa shape index (κ2) is 8.52. The van der Waals surface area contributed by atoms with E-state index in [1.807, 2.05) is 43.3 Å². The molecular weight excluding hydrogens is 356 g/mol. The van der Waals surface area contributed by atoms with E-state index < -0.39 is 5.97 Å². The summed E-state index contributed by atoms with van der Waals surface area (Å²) in [4.78, 5) is 39.9. The lowest BCUT2D eigenvalue weighted by molar-refractivity contribution is -0.152. The predicted molar refractivity (Wildman–Crippen MR) is 105 cm³/mol. The summed E-state index contributed by atoms with van der Waals surface area (Å²) in [6.45, 7) is 6.07. The maximum absolute atomic E-state index is 12.4. The molecular formula is C22H22N2O4. The highest BCUT2D eigenvalue weighted by Crippen LogP contribution is 2.30. The molecule has 0 aromatic heterocycles. The molecule has 144 valence electrons. The number of amides is 2. The van der Waals surface area contributed by atoms with Gasteiger partial charge < -0.3 is 9.64 Å². The Morgan fingerprint density at radius 2 is 1.68 bits per heavy atom. The van der Waals surface area contributed by atoms with Crippen molar-refractivity contribution in [2.45, 2.75) is 13.5 Å². The highest BCUT2D eigenvalue weighted by molar-refractivity contribution is 6.10. The van der Waals surface area contributed by atoms with E-state index in [9.17, 15) is 14.4 Å². The lowest BCUT2D eigenvalue weighted by atomic mass is 10.1. The molecule has 3 rings (SSSR count). The van der Waals surface area contributed by atoms with Crippen LogP contribution in [-0.2, 0) is 20.9 Å². The second-order valence-electron chi connectivity index (χ2n) is 6.44. The lowest BCUT2D eigenvalue weighted by Gasteiger charge is -2.21. The van der Waals surface area contributed by atoms with E-state index in [2.05, 4.69) is 6.58 Å². The van der Waals surface area contributed by atoms with Crippen LogP contribution in [0.3, 0.4) is 0 Å². The average Bonchev–Trinajstić information content (AvgIpc) is 2.96. The first kappa shape index (κ1) is 19.4. The van der Waals surface area contributed by atoms with E-state index in [-0.39, 0.29) is 25.0 Å². The van der Waals surface area contributed by atoms with Gasteiger partial charge in [0.25, 0.3) is 11.8 Å². The monoisotopic (exact) mass is 378 g/mol. The van der Waals surface area contributed by atoms with Crippen molar-refractivity contribution < 1.29 is 19.1 Å². The molecule has 1 heterocycles. The number of carbonyl (C=O) groups is 3. The predicted octanol–water partition coefficient (Wildman–Crippen LogP) is 2.71. The highest BCUT2D eigenvalue weighted by Gasteiger charge is 2.32. The Hall–Kier alpha value is -3.41. The van der Waals surface area contributed by atoms with E-state index >= 15 is 0 Å². The van der Waals surface area contributed by atoms with Gasteiger partial charge in [-0.1, -0.05) is 55.1 Å². The number of hydrogen-bond acceptors (Lipinski definition) is 4. The normalized spacial score (nSPS) is 12.7. The van der Waals surface area contributed by atoms with Crippen LogP contribution in [0.4, 0.5) is 0 Å². The van der Waals surface area contributed by atoms with Crippen molar-refractivity contribution in [1.82, 2.24) is 9.80 Å². The zero-order chi connectivity index (χ0) is 20.1. The SMILES string of the molecule is C=C1c2ccccc2C(=O)N1CC(=O)OCC(=O)N(CC)Cc1ccccc1. The summed E-state index contributed by atoms with van der Waals surface area (Å²) < 4.78 is 5.12. The molecule has 0 saturated carbocycles. The topological polar surface area (TPSA) is 66.9 Å². The van der Waals surface area contributed by atoms with Gasteiger partial charge >= 0.3 is 5.97 Å². The van der Waals surface area contributed by atoms with Gasteiger partial charge in [-0.05, 0) is 18.6 Å². The van der Waals surface area contributed by atoms with Crippen LogP contribution >= 0.6 is 0 Å². The van der Waals surface area contributed by atoms with Crippen LogP contribution in [-0.4, -0.2) is 47.3 Å². The fourth-order valence-corrected chi connectivity index (χ4v) is 3.09. The number of benzene rings is 2. The molecule has 0 bridgehead atoms. The molecule has 0 unspecified atom stereocenters. The van der Waals surface area contributed by atoms with Crippen molar-refractivity contribution in [3.05, 3.63) is 77.9 Å². The lowest BCUT2D eigenvalue weighted by Crippen LogP contribution is -2.36. The summed E-state index contributed by atoms with van der Waals surface area (Å²) in [5.41, 5.74) is 2.68. The van der Waals surface area contributed by atoms with Crippen molar-refractivity contribution in [1.29, 1.82) is 0 Å². The Morgan fingerprint density at radius 1 is 1.04 bits per heavy atom. The van der Waals surface area contributed by atoms with Crippen molar-refractivity contribution >= 4 is 23.5 Å². The van der Waals surface area contributed by atoms with E-state index in [1.54, 1.807) is 23.1 Å². The van der Waals surface area contributed by atoms with E-state index in [4.69, 9.17) is 4.74 Å². The molecule has 0 radical (unpaired) electrons. The van der Waals surface area contributed by atoms with Crippen LogP contribution in [0.25, 0.3) is 5.70 Å². The molecule has 0 fully saturated rings. The highest BCUT2D eigenvalue weighted by atomic mass is 16.5. The van der Waals surface area contributed by atoms with E-state index in [1.165, 1.54) is 4.90 Å². The largest absolute Gasteiger partial charge is 0.454 e. The number of rotatable bonds is 7. The summed E-state index contributed by atoms with van der Waals surface area (Å²) >= 11 is 0. The van der Waals surface area contributed by atoms with Gasteiger partial charge in [-0.2, -0.15) is 0 Å². The van der Waals surface area contributed by atoms with Crippen molar-refractivity contribution in [2.24, 2.45) is 0 Å². The Balaban J connectivity index is 1.53. The number of hydrogen-bond donors (Lipinski definition) is 0. The molecule has 1 aliphatic heterocycles. The third-order valence-electron chi connectivity index (χ3n) is 4.63. The van der Waals surface area contributed by atoms with Crippen LogP contribution < -0.4 is 0 Å². The fraction of sp³-hybridized carbons (Fsp3) is 0.227. The van der Waals surface area contributed by atoms with Gasteiger partial charge in [-0.25, -0.2) is 0 Å². The van der Waals surface area contributed by atoms with E-state index in [0.29, 0.717) is 29.9 Å². The minimum atomic E-state index is -0.647. The zero-order valence-corrected chi connectivity index (χ0v) is 15.8. The van der Waals surface area contributed by atoms with Crippen molar-refractivity contribution in [3.8, 4) is 0 Å². The van der Waals surface area contributed by atoms with Crippen molar-refractivity contribution in [3.63, 3.8) is 0 Å². The first-order chi connectivity index (χ1) is 13.5. The number of likely N-dealkylation sites (N-methyl/N-ethyl adjacent to an activating group) is 1. The minimum absolute atomic E-state index is 0.273. The molecule has 6 nitrogen and oxygen atoms in total. The molecule has 0 atom stereocenters. The average molecular weight is 378 g/mol. The molecule has 6 heteroatoms. The van der Waals surface area contributed by atoms with Gasteiger partial charge in [-0.3, -0.25) is 19.3 Å². The second-order valence-corrected chi connectivity index (χ2v) is 6.44. The third kappa shape index (κ3) is 4.11. The number of carbonyl (C=O) groups excluding carboxylic acids is 3. The van der Waals surface area contributed by atoms with Gasteiger partial charge in [0.2, 0.25) is 0 Å². The summed E-state index contributed by atoms with van der Waals surface area (Å²) in [5, 5.41) is 0. The molecule has 2 aromatic carbocycles. The Kier molecular flexibility index (Phi) is 5.89. The molecule has 2 aromatic rings. The number of nitrogens with zero attached hydrogens (tertiary/aromatic N) is 2. The van der Waals surface area contributed by atoms with Crippen LogP contribution in [0.1, 0.15) is 28.4 Å². The maximum Gasteiger partial charge on any atom is 0.326 e. The van der Waals surface area contributed by atoms with Gasteiger partial charge in [0, 0.05) is 29.9 Å². The molecule has 2 amide bonds. The third-order valence-corrected chi connectivity index (χ3v) is 4.63. The Morgan fingerprint density at radius 3 is 2.32 bits per heavy atom. The summed E-state index contributed by atoms with van der Waals surface area (Å²) in [5.74, 6) is -1.22. The Labute approximate surface area is 164 Å². The molecule has 0 aliphatic carbocycles. The first-order valence-electron chi connectivity index (χ1n) is 9.08. The fourth-order valence-electron chi connectivity index (χ4n) is 3.09. The Bertz CT molecular complexity index is 873. The van der Waals surface area contributed by atoms with Crippen LogP contribution in [0.2, 0.25) is 0 Å². The summed E-state index contributed by atoms with van der Waals surface area (Å²) in [7, 11) is 0.